The number of nitrogens with one attached hydrogen (secondary N) is 1. The molecule has 0 spiro atoms. The molecular formula is C13H20N2O3S. The van der Waals surface area contributed by atoms with Crippen LogP contribution in [0.25, 0.3) is 0 Å². The number of carbonyl (C=O) groups excluding carboxylic acids is 1. The van der Waals surface area contributed by atoms with Crippen LogP contribution in [-0.2, 0) is 22.1 Å². The molecule has 1 atom stereocenters. The normalized spacial score (nSPS) is 11.9. The number of rotatable bonds is 8. The Morgan fingerprint density at radius 2 is 2.16 bits per heavy atom. The Morgan fingerprint density at radius 3 is 2.84 bits per heavy atom. The van der Waals surface area contributed by atoms with E-state index in [1.165, 1.54) is 0 Å². The molecule has 1 aromatic carbocycles. The third-order valence-electron chi connectivity index (χ3n) is 2.53. The van der Waals surface area contributed by atoms with E-state index in [2.05, 4.69) is 5.32 Å². The molecule has 6 heteroatoms. The van der Waals surface area contributed by atoms with E-state index in [0.29, 0.717) is 30.3 Å². The minimum absolute atomic E-state index is 0.0597. The van der Waals surface area contributed by atoms with Gasteiger partial charge in [0.05, 0.1) is 0 Å². The van der Waals surface area contributed by atoms with Gasteiger partial charge in [-0.2, -0.15) is 0 Å². The van der Waals surface area contributed by atoms with E-state index >= 15 is 0 Å². The highest BCUT2D eigenvalue weighted by Gasteiger charge is 2.05. The quantitative estimate of drug-likeness (QED) is 0.724. The van der Waals surface area contributed by atoms with Crippen molar-refractivity contribution >= 4 is 16.7 Å². The first-order valence-electron chi connectivity index (χ1n) is 6.19. The van der Waals surface area contributed by atoms with Crippen LogP contribution < -0.4 is 15.8 Å². The molecule has 0 heterocycles. The van der Waals surface area contributed by atoms with E-state index in [-0.39, 0.29) is 12.5 Å². The number of hydrogen-bond donors (Lipinski definition) is 2. The number of ether oxygens (including phenoxy) is 1. The van der Waals surface area contributed by atoms with Gasteiger partial charge in [0.15, 0.2) is 6.61 Å². The van der Waals surface area contributed by atoms with Crippen molar-refractivity contribution in [3.05, 3.63) is 29.8 Å². The summed E-state index contributed by atoms with van der Waals surface area (Å²) in [6.07, 6.45) is 0. The number of para-hydroxylation sites is 1. The van der Waals surface area contributed by atoms with Crippen molar-refractivity contribution in [2.75, 3.05) is 24.7 Å². The Kier molecular flexibility index (Phi) is 7.14. The van der Waals surface area contributed by atoms with Crippen LogP contribution in [0.4, 0.5) is 0 Å². The van der Waals surface area contributed by atoms with Crippen molar-refractivity contribution < 1.29 is 13.7 Å². The van der Waals surface area contributed by atoms with Gasteiger partial charge in [-0.15, -0.1) is 0 Å². The van der Waals surface area contributed by atoms with Crippen LogP contribution in [0, 0.1) is 0 Å². The van der Waals surface area contributed by atoms with Gasteiger partial charge in [0.25, 0.3) is 5.91 Å². The Hall–Kier alpha value is -1.40. The summed E-state index contributed by atoms with van der Waals surface area (Å²) in [5.41, 5.74) is 6.43. The Morgan fingerprint density at radius 1 is 1.42 bits per heavy atom. The molecule has 3 N–H and O–H groups in total. The lowest BCUT2D eigenvalue weighted by molar-refractivity contribution is -0.122. The van der Waals surface area contributed by atoms with Gasteiger partial charge in [-0.25, -0.2) is 0 Å². The number of amides is 1. The van der Waals surface area contributed by atoms with E-state index in [9.17, 15) is 9.00 Å². The molecule has 19 heavy (non-hydrogen) atoms. The summed E-state index contributed by atoms with van der Waals surface area (Å²) in [6, 6.07) is 7.34. The molecule has 5 nitrogen and oxygen atoms in total. The second-order valence-corrected chi connectivity index (χ2v) is 5.75. The molecule has 0 aliphatic rings. The average Bonchev–Trinajstić information content (AvgIpc) is 2.45. The fourth-order valence-electron chi connectivity index (χ4n) is 1.46. The number of carbonyl (C=O) groups is 1. The third kappa shape index (κ3) is 5.85. The van der Waals surface area contributed by atoms with Gasteiger partial charge < -0.3 is 15.8 Å². The first kappa shape index (κ1) is 15.7. The lowest BCUT2D eigenvalue weighted by atomic mass is 10.2. The standard InChI is InChI=1S/C13H20N2O3S/c1-2-19(17)8-7-15-13(16)10-18-12-6-4-3-5-11(12)9-14/h3-6H,2,7-10,14H2,1H3,(H,15,16). The van der Waals surface area contributed by atoms with Crippen molar-refractivity contribution in [2.24, 2.45) is 5.73 Å². The molecule has 0 radical (unpaired) electrons. The average molecular weight is 284 g/mol. The van der Waals surface area contributed by atoms with Crippen molar-refractivity contribution in [1.82, 2.24) is 5.32 Å². The van der Waals surface area contributed by atoms with E-state index in [0.717, 1.165) is 5.56 Å². The van der Waals surface area contributed by atoms with Gasteiger partial charge in [-0.05, 0) is 6.07 Å². The summed E-state index contributed by atoms with van der Waals surface area (Å²) in [7, 11) is -0.860. The minimum atomic E-state index is -0.860. The molecule has 0 aliphatic carbocycles. The fraction of sp³-hybridized carbons (Fsp3) is 0.462. The maximum atomic E-state index is 11.5. The summed E-state index contributed by atoms with van der Waals surface area (Å²) in [6.45, 7) is 2.56. The van der Waals surface area contributed by atoms with E-state index < -0.39 is 10.8 Å². The maximum Gasteiger partial charge on any atom is 0.257 e. The van der Waals surface area contributed by atoms with Gasteiger partial charge in [0.1, 0.15) is 5.75 Å². The zero-order valence-electron chi connectivity index (χ0n) is 11.1. The molecule has 1 amide bonds. The predicted octanol–water partition coefficient (Wildman–Crippen LogP) is 0.409. The van der Waals surface area contributed by atoms with Crippen LogP contribution in [0.3, 0.4) is 0 Å². The lowest BCUT2D eigenvalue weighted by Gasteiger charge is -2.10. The van der Waals surface area contributed by atoms with E-state index in [1.54, 1.807) is 6.07 Å². The van der Waals surface area contributed by atoms with Gasteiger partial charge in [0.2, 0.25) is 0 Å². The molecule has 0 bridgehead atoms. The predicted molar refractivity (Wildman–Crippen MR) is 76.4 cm³/mol. The highest BCUT2D eigenvalue weighted by Crippen LogP contribution is 2.16. The van der Waals surface area contributed by atoms with Crippen molar-refractivity contribution in [3.63, 3.8) is 0 Å². The highest BCUT2D eigenvalue weighted by molar-refractivity contribution is 7.84. The van der Waals surface area contributed by atoms with E-state index in [1.807, 2.05) is 25.1 Å². The Balaban J connectivity index is 2.32. The molecule has 1 rings (SSSR count). The second kappa shape index (κ2) is 8.66. The summed E-state index contributed by atoms with van der Waals surface area (Å²) >= 11 is 0. The molecule has 106 valence electrons. The largest absolute Gasteiger partial charge is 0.483 e. The lowest BCUT2D eigenvalue weighted by Crippen LogP contribution is -2.32. The van der Waals surface area contributed by atoms with Crippen LogP contribution in [0.5, 0.6) is 5.75 Å². The molecule has 0 aliphatic heterocycles. The van der Waals surface area contributed by atoms with Crippen LogP contribution in [-0.4, -0.2) is 34.8 Å². The summed E-state index contributed by atoms with van der Waals surface area (Å²) in [4.78, 5) is 11.5. The zero-order chi connectivity index (χ0) is 14.1. The van der Waals surface area contributed by atoms with Gasteiger partial charge in [-0.3, -0.25) is 9.00 Å². The van der Waals surface area contributed by atoms with Crippen LogP contribution in [0.1, 0.15) is 12.5 Å². The first-order valence-corrected chi connectivity index (χ1v) is 7.68. The second-order valence-electron chi connectivity index (χ2n) is 3.88. The molecule has 0 saturated heterocycles. The number of nitrogens with two attached hydrogens (primary N) is 1. The van der Waals surface area contributed by atoms with Crippen molar-refractivity contribution in [1.29, 1.82) is 0 Å². The molecule has 1 unspecified atom stereocenters. The van der Waals surface area contributed by atoms with Crippen LogP contribution in [0.2, 0.25) is 0 Å². The smallest absolute Gasteiger partial charge is 0.257 e. The molecule has 0 aromatic heterocycles. The molecule has 0 fully saturated rings. The fourth-order valence-corrected chi connectivity index (χ4v) is 2.07. The minimum Gasteiger partial charge on any atom is -0.483 e. The number of benzene rings is 1. The van der Waals surface area contributed by atoms with E-state index in [4.69, 9.17) is 10.5 Å². The van der Waals surface area contributed by atoms with Crippen LogP contribution >= 0.6 is 0 Å². The summed E-state index contributed by atoms with van der Waals surface area (Å²) in [5, 5.41) is 2.67. The molecular weight excluding hydrogens is 264 g/mol. The maximum absolute atomic E-state index is 11.5. The number of hydrogen-bond acceptors (Lipinski definition) is 4. The molecule has 0 saturated carbocycles. The Labute approximate surface area is 116 Å². The zero-order valence-corrected chi connectivity index (χ0v) is 11.9. The Bertz CT molecular complexity index is 438. The van der Waals surface area contributed by atoms with Gasteiger partial charge in [-0.1, -0.05) is 25.1 Å². The van der Waals surface area contributed by atoms with Gasteiger partial charge in [0, 0.05) is 41.0 Å². The summed E-state index contributed by atoms with van der Waals surface area (Å²) in [5.74, 6) is 1.48. The van der Waals surface area contributed by atoms with Crippen molar-refractivity contribution in [2.45, 2.75) is 13.5 Å². The SMILES string of the molecule is CCS(=O)CCNC(=O)COc1ccccc1CN. The van der Waals surface area contributed by atoms with Crippen molar-refractivity contribution in [3.8, 4) is 5.75 Å². The highest BCUT2D eigenvalue weighted by atomic mass is 32.2. The topological polar surface area (TPSA) is 81.4 Å². The van der Waals surface area contributed by atoms with Gasteiger partial charge >= 0.3 is 0 Å². The third-order valence-corrected chi connectivity index (χ3v) is 3.83. The van der Waals surface area contributed by atoms with Crippen LogP contribution in [0.15, 0.2) is 24.3 Å². The summed E-state index contributed by atoms with van der Waals surface area (Å²) < 4.78 is 16.6. The monoisotopic (exact) mass is 284 g/mol. The molecule has 1 aromatic rings. The first-order chi connectivity index (χ1) is 9.17.